The minimum absolute atomic E-state index is 0.0965. The molecule has 0 aliphatic carbocycles. The number of carbonyl (C=O) groups excluding carboxylic acids is 1. The van der Waals surface area contributed by atoms with Crippen LogP contribution in [0.1, 0.15) is 23.2 Å². The van der Waals surface area contributed by atoms with Crippen LogP contribution in [-0.2, 0) is 10.2 Å². The third kappa shape index (κ3) is 3.90. The minimum atomic E-state index is -3.70. The average molecular weight is 317 g/mol. The number of amides is 1. The van der Waals surface area contributed by atoms with Crippen LogP contribution in [0.4, 0.5) is 4.39 Å². The molecule has 9 heteroatoms. The summed E-state index contributed by atoms with van der Waals surface area (Å²) < 4.78 is 36.6. The number of nitrogens with one attached hydrogen (secondary N) is 1. The molecule has 0 bridgehead atoms. The Hall–Kier alpha value is -1.71. The molecular formula is C12H16FN3O4S. The van der Waals surface area contributed by atoms with E-state index in [4.69, 9.17) is 10.2 Å². The first-order valence-electron chi connectivity index (χ1n) is 6.34. The number of rotatable bonds is 3. The van der Waals surface area contributed by atoms with Crippen molar-refractivity contribution in [1.82, 2.24) is 9.62 Å². The van der Waals surface area contributed by atoms with Crippen LogP contribution in [0.2, 0.25) is 0 Å². The third-order valence-corrected chi connectivity index (χ3v) is 4.44. The van der Waals surface area contributed by atoms with E-state index in [1.165, 1.54) is 6.07 Å². The van der Waals surface area contributed by atoms with Gasteiger partial charge in [0.15, 0.2) is 11.6 Å². The first kappa shape index (κ1) is 15.7. The van der Waals surface area contributed by atoms with Gasteiger partial charge in [-0.3, -0.25) is 4.79 Å². The van der Waals surface area contributed by atoms with E-state index >= 15 is 0 Å². The molecule has 1 amide bonds. The van der Waals surface area contributed by atoms with E-state index in [0.29, 0.717) is 12.8 Å². The SMILES string of the molecule is NS(=O)(=O)N1CCC(NC(=O)c2ccc(O)c(F)c2)CC1. The summed E-state index contributed by atoms with van der Waals surface area (Å²) in [5, 5.41) is 16.8. The van der Waals surface area contributed by atoms with Gasteiger partial charge in [-0.05, 0) is 31.0 Å². The van der Waals surface area contributed by atoms with E-state index in [-0.39, 0.29) is 24.7 Å². The van der Waals surface area contributed by atoms with Gasteiger partial charge in [-0.2, -0.15) is 12.7 Å². The molecule has 0 unspecified atom stereocenters. The monoisotopic (exact) mass is 317 g/mol. The van der Waals surface area contributed by atoms with Crippen LogP contribution < -0.4 is 10.5 Å². The Morgan fingerprint density at radius 2 is 2.00 bits per heavy atom. The van der Waals surface area contributed by atoms with Crippen LogP contribution in [0, 0.1) is 5.82 Å². The van der Waals surface area contributed by atoms with Crippen molar-refractivity contribution in [2.75, 3.05) is 13.1 Å². The summed E-state index contributed by atoms with van der Waals surface area (Å²) >= 11 is 0. The highest BCUT2D eigenvalue weighted by Gasteiger charge is 2.26. The largest absolute Gasteiger partial charge is 0.505 e. The Morgan fingerprint density at radius 3 is 2.52 bits per heavy atom. The zero-order valence-electron chi connectivity index (χ0n) is 11.1. The maximum Gasteiger partial charge on any atom is 0.276 e. The van der Waals surface area contributed by atoms with Crippen LogP contribution in [0.15, 0.2) is 18.2 Å². The lowest BCUT2D eigenvalue weighted by Crippen LogP contribution is -2.48. The van der Waals surface area contributed by atoms with Gasteiger partial charge < -0.3 is 10.4 Å². The molecular weight excluding hydrogens is 301 g/mol. The molecule has 1 aromatic carbocycles. The van der Waals surface area contributed by atoms with Gasteiger partial charge in [0, 0.05) is 24.7 Å². The number of hydrogen-bond acceptors (Lipinski definition) is 4. The van der Waals surface area contributed by atoms with Crippen molar-refractivity contribution in [2.24, 2.45) is 5.14 Å². The number of nitrogens with zero attached hydrogens (tertiary/aromatic N) is 1. The lowest BCUT2D eigenvalue weighted by molar-refractivity contribution is 0.0923. The van der Waals surface area contributed by atoms with E-state index in [1.54, 1.807) is 0 Å². The van der Waals surface area contributed by atoms with Crippen molar-refractivity contribution in [3.63, 3.8) is 0 Å². The molecule has 1 aliphatic heterocycles. The first-order valence-corrected chi connectivity index (χ1v) is 7.85. The Morgan fingerprint density at radius 1 is 1.38 bits per heavy atom. The zero-order chi connectivity index (χ0) is 15.6. The summed E-state index contributed by atoms with van der Waals surface area (Å²) in [4.78, 5) is 11.9. The van der Waals surface area contributed by atoms with E-state index in [2.05, 4.69) is 5.32 Å². The lowest BCUT2D eigenvalue weighted by Gasteiger charge is -2.30. The molecule has 2 rings (SSSR count). The molecule has 0 spiro atoms. The number of carbonyl (C=O) groups is 1. The van der Waals surface area contributed by atoms with Gasteiger partial charge in [-0.15, -0.1) is 0 Å². The molecule has 1 aliphatic rings. The van der Waals surface area contributed by atoms with Crippen molar-refractivity contribution >= 4 is 16.1 Å². The summed E-state index contributed by atoms with van der Waals surface area (Å²) in [6, 6.07) is 3.16. The number of nitrogens with two attached hydrogens (primary N) is 1. The second kappa shape index (κ2) is 5.96. The Labute approximate surface area is 121 Å². The van der Waals surface area contributed by atoms with Crippen molar-refractivity contribution in [1.29, 1.82) is 0 Å². The van der Waals surface area contributed by atoms with E-state index < -0.39 is 27.7 Å². The molecule has 116 valence electrons. The summed E-state index contributed by atoms with van der Waals surface area (Å²) in [5.74, 6) is -1.86. The number of aromatic hydroxyl groups is 1. The molecule has 1 aromatic rings. The molecule has 1 saturated heterocycles. The normalized spacial score (nSPS) is 17.6. The molecule has 0 atom stereocenters. The Bertz CT molecular complexity index is 642. The predicted octanol–water partition coefficient (Wildman–Crippen LogP) is -0.0710. The molecule has 4 N–H and O–H groups in total. The second-order valence-corrected chi connectivity index (χ2v) is 6.40. The average Bonchev–Trinajstić information content (AvgIpc) is 2.41. The third-order valence-electron chi connectivity index (χ3n) is 3.36. The first-order chi connectivity index (χ1) is 9.77. The second-order valence-electron chi connectivity index (χ2n) is 4.86. The predicted molar refractivity (Wildman–Crippen MR) is 73.2 cm³/mol. The molecule has 7 nitrogen and oxygen atoms in total. The molecule has 21 heavy (non-hydrogen) atoms. The van der Waals surface area contributed by atoms with Crippen molar-refractivity contribution < 1.29 is 22.7 Å². The summed E-state index contributed by atoms with van der Waals surface area (Å²) in [6.45, 7) is 0.460. The van der Waals surface area contributed by atoms with Gasteiger partial charge >= 0.3 is 0 Å². The zero-order valence-corrected chi connectivity index (χ0v) is 11.9. The maximum absolute atomic E-state index is 13.2. The molecule has 1 heterocycles. The van der Waals surface area contributed by atoms with Crippen LogP contribution in [0.3, 0.4) is 0 Å². The Balaban J connectivity index is 1.94. The Kier molecular flexibility index (Phi) is 4.45. The molecule has 0 saturated carbocycles. The standard InChI is InChI=1S/C12H16FN3O4S/c13-10-7-8(1-2-11(10)17)12(18)15-9-3-5-16(6-4-9)21(14,19)20/h1-2,7,9,17H,3-6H2,(H,15,18)(H2,14,19,20). The van der Waals surface area contributed by atoms with Gasteiger partial charge in [0.25, 0.3) is 16.1 Å². The van der Waals surface area contributed by atoms with Gasteiger partial charge in [0.05, 0.1) is 0 Å². The topological polar surface area (TPSA) is 113 Å². The van der Waals surface area contributed by atoms with Gasteiger partial charge in [0.1, 0.15) is 0 Å². The molecule has 0 aromatic heterocycles. The summed E-state index contributed by atoms with van der Waals surface area (Å²) in [7, 11) is -3.70. The number of phenols is 1. The molecule has 1 fully saturated rings. The number of benzene rings is 1. The summed E-state index contributed by atoms with van der Waals surface area (Å²) in [5.41, 5.74) is 0.0965. The lowest BCUT2D eigenvalue weighted by atomic mass is 10.1. The van der Waals surface area contributed by atoms with Crippen LogP contribution in [-0.4, -0.2) is 42.9 Å². The van der Waals surface area contributed by atoms with Crippen molar-refractivity contribution in [3.8, 4) is 5.75 Å². The highest BCUT2D eigenvalue weighted by atomic mass is 32.2. The summed E-state index contributed by atoms with van der Waals surface area (Å²) in [6.07, 6.45) is 0.867. The smallest absolute Gasteiger partial charge is 0.276 e. The van der Waals surface area contributed by atoms with E-state index in [0.717, 1.165) is 16.4 Å². The minimum Gasteiger partial charge on any atom is -0.505 e. The quantitative estimate of drug-likeness (QED) is 0.724. The highest BCUT2D eigenvalue weighted by molar-refractivity contribution is 7.86. The van der Waals surface area contributed by atoms with Crippen LogP contribution >= 0.6 is 0 Å². The number of hydrogen-bond donors (Lipinski definition) is 3. The van der Waals surface area contributed by atoms with E-state index in [1.807, 2.05) is 0 Å². The van der Waals surface area contributed by atoms with Gasteiger partial charge in [-0.1, -0.05) is 0 Å². The number of halogens is 1. The molecule has 0 radical (unpaired) electrons. The van der Waals surface area contributed by atoms with Gasteiger partial charge in [0.2, 0.25) is 0 Å². The van der Waals surface area contributed by atoms with E-state index in [9.17, 15) is 17.6 Å². The van der Waals surface area contributed by atoms with Crippen molar-refractivity contribution in [3.05, 3.63) is 29.6 Å². The van der Waals surface area contributed by atoms with Gasteiger partial charge in [-0.25, -0.2) is 9.53 Å². The van der Waals surface area contributed by atoms with Crippen molar-refractivity contribution in [2.45, 2.75) is 18.9 Å². The number of phenolic OH excluding ortho intramolecular Hbond substituents is 1. The van der Waals surface area contributed by atoms with Crippen LogP contribution in [0.25, 0.3) is 0 Å². The number of piperidine rings is 1. The fraction of sp³-hybridized carbons (Fsp3) is 0.417. The fourth-order valence-corrected chi connectivity index (χ4v) is 2.89. The maximum atomic E-state index is 13.2. The fourth-order valence-electron chi connectivity index (χ4n) is 2.17. The van der Waals surface area contributed by atoms with Crippen LogP contribution in [0.5, 0.6) is 5.75 Å². The highest BCUT2D eigenvalue weighted by Crippen LogP contribution is 2.17.